The normalized spacial score (nSPS) is 15.4. The Morgan fingerprint density at radius 2 is 2.25 bits per heavy atom. The standard InChI is InChI=1S/C13H15N5O2/c1-8-15-12(14)11-3-2-10(18(11)16-8)9-4-6-17(7-5-9)13(19)20/h2-4H,5-7H2,1H3,(H,19,20)(H2,14,15,16). The fourth-order valence-electron chi connectivity index (χ4n) is 2.45. The minimum absolute atomic E-state index is 0.400. The van der Waals surface area contributed by atoms with E-state index in [2.05, 4.69) is 10.1 Å². The Labute approximate surface area is 115 Å². The van der Waals surface area contributed by atoms with Crippen molar-refractivity contribution in [3.8, 4) is 0 Å². The van der Waals surface area contributed by atoms with Gasteiger partial charge in [0.05, 0.1) is 5.69 Å². The highest BCUT2D eigenvalue weighted by Crippen LogP contribution is 2.25. The molecule has 2 aromatic rings. The number of amides is 1. The summed E-state index contributed by atoms with van der Waals surface area (Å²) >= 11 is 0. The third-order valence-electron chi connectivity index (χ3n) is 3.45. The molecule has 7 nitrogen and oxygen atoms in total. The summed E-state index contributed by atoms with van der Waals surface area (Å²) in [6, 6.07) is 3.83. The molecular formula is C13H15N5O2. The lowest BCUT2D eigenvalue weighted by Gasteiger charge is -2.23. The number of nitrogen functional groups attached to an aromatic ring is 1. The van der Waals surface area contributed by atoms with Crippen LogP contribution in [0.4, 0.5) is 10.6 Å². The van der Waals surface area contributed by atoms with Crippen LogP contribution in [0.15, 0.2) is 18.2 Å². The van der Waals surface area contributed by atoms with Crippen LogP contribution in [0, 0.1) is 6.92 Å². The van der Waals surface area contributed by atoms with Crippen LogP contribution in [0.5, 0.6) is 0 Å². The fourth-order valence-corrected chi connectivity index (χ4v) is 2.45. The van der Waals surface area contributed by atoms with E-state index in [9.17, 15) is 4.79 Å². The monoisotopic (exact) mass is 273 g/mol. The zero-order valence-electron chi connectivity index (χ0n) is 11.1. The van der Waals surface area contributed by atoms with Gasteiger partial charge in [-0.15, -0.1) is 0 Å². The third kappa shape index (κ3) is 1.97. The van der Waals surface area contributed by atoms with Crippen molar-refractivity contribution in [2.45, 2.75) is 13.3 Å². The molecule has 1 amide bonds. The number of nitrogens with zero attached hydrogens (tertiary/aromatic N) is 4. The zero-order valence-corrected chi connectivity index (χ0v) is 11.1. The number of anilines is 1. The van der Waals surface area contributed by atoms with Crippen LogP contribution < -0.4 is 5.73 Å². The van der Waals surface area contributed by atoms with Gasteiger partial charge in [-0.3, -0.25) is 0 Å². The van der Waals surface area contributed by atoms with Crippen LogP contribution in [0.3, 0.4) is 0 Å². The summed E-state index contributed by atoms with van der Waals surface area (Å²) < 4.78 is 1.78. The fraction of sp³-hybridized carbons (Fsp3) is 0.308. The summed E-state index contributed by atoms with van der Waals surface area (Å²) in [6.07, 6.45) is 1.71. The Morgan fingerprint density at radius 1 is 1.45 bits per heavy atom. The Hall–Kier alpha value is -2.57. The number of fused-ring (bicyclic) bond motifs is 1. The van der Waals surface area contributed by atoms with E-state index in [-0.39, 0.29) is 0 Å². The van der Waals surface area contributed by atoms with Gasteiger partial charge in [0.15, 0.2) is 5.82 Å². The second-order valence-corrected chi connectivity index (χ2v) is 4.77. The van der Waals surface area contributed by atoms with Crippen molar-refractivity contribution in [2.24, 2.45) is 0 Å². The molecule has 7 heteroatoms. The number of hydrogen-bond acceptors (Lipinski definition) is 4. The highest BCUT2D eigenvalue weighted by atomic mass is 16.4. The van der Waals surface area contributed by atoms with Crippen molar-refractivity contribution in [1.82, 2.24) is 19.5 Å². The van der Waals surface area contributed by atoms with E-state index >= 15 is 0 Å². The molecule has 20 heavy (non-hydrogen) atoms. The maximum Gasteiger partial charge on any atom is 0.407 e. The second kappa shape index (κ2) is 4.52. The summed E-state index contributed by atoms with van der Waals surface area (Å²) in [5.74, 6) is 1.06. The average molecular weight is 273 g/mol. The molecule has 3 heterocycles. The molecule has 0 bridgehead atoms. The predicted molar refractivity (Wildman–Crippen MR) is 74.3 cm³/mol. The van der Waals surface area contributed by atoms with Gasteiger partial charge in [-0.25, -0.2) is 14.3 Å². The Bertz CT molecular complexity index is 719. The number of rotatable bonds is 1. The first-order chi connectivity index (χ1) is 9.56. The smallest absolute Gasteiger partial charge is 0.407 e. The Kier molecular flexibility index (Phi) is 2.81. The summed E-state index contributed by atoms with van der Waals surface area (Å²) in [5, 5.41) is 13.3. The summed E-state index contributed by atoms with van der Waals surface area (Å²) in [4.78, 5) is 16.4. The zero-order chi connectivity index (χ0) is 14.3. The van der Waals surface area contributed by atoms with Crippen molar-refractivity contribution < 1.29 is 9.90 Å². The van der Waals surface area contributed by atoms with Crippen molar-refractivity contribution in [3.63, 3.8) is 0 Å². The third-order valence-corrected chi connectivity index (χ3v) is 3.45. The minimum Gasteiger partial charge on any atom is -0.465 e. The minimum atomic E-state index is -0.886. The molecule has 0 saturated heterocycles. The molecule has 0 atom stereocenters. The maximum atomic E-state index is 10.9. The topological polar surface area (TPSA) is 96.8 Å². The number of nitrogens with two attached hydrogens (primary N) is 1. The Balaban J connectivity index is 2.02. The first-order valence-electron chi connectivity index (χ1n) is 6.35. The van der Waals surface area contributed by atoms with Gasteiger partial charge in [-0.05, 0) is 31.1 Å². The molecular weight excluding hydrogens is 258 g/mol. The van der Waals surface area contributed by atoms with E-state index < -0.39 is 6.09 Å². The molecule has 0 aromatic carbocycles. The van der Waals surface area contributed by atoms with Crippen molar-refractivity contribution in [1.29, 1.82) is 0 Å². The number of aryl methyl sites for hydroxylation is 1. The maximum absolute atomic E-state index is 10.9. The number of carbonyl (C=O) groups is 1. The highest BCUT2D eigenvalue weighted by molar-refractivity contribution is 5.75. The van der Waals surface area contributed by atoms with Gasteiger partial charge in [0.25, 0.3) is 0 Å². The second-order valence-electron chi connectivity index (χ2n) is 4.77. The molecule has 0 radical (unpaired) electrons. The molecule has 0 spiro atoms. The van der Waals surface area contributed by atoms with E-state index in [1.54, 1.807) is 11.4 Å². The molecule has 0 fully saturated rings. The van der Waals surface area contributed by atoms with Crippen LogP contribution in [0.2, 0.25) is 0 Å². The Morgan fingerprint density at radius 3 is 2.90 bits per heavy atom. The van der Waals surface area contributed by atoms with Gasteiger partial charge in [0.1, 0.15) is 11.3 Å². The quantitative estimate of drug-likeness (QED) is 0.818. The van der Waals surface area contributed by atoms with Crippen molar-refractivity contribution in [3.05, 3.63) is 29.7 Å². The first kappa shape index (κ1) is 12.5. The molecule has 0 saturated carbocycles. The predicted octanol–water partition coefficient (Wildman–Crippen LogP) is 1.39. The van der Waals surface area contributed by atoms with Crippen LogP contribution in [0.25, 0.3) is 11.1 Å². The largest absolute Gasteiger partial charge is 0.465 e. The lowest BCUT2D eigenvalue weighted by atomic mass is 10.1. The molecule has 3 N–H and O–H groups in total. The molecule has 0 unspecified atom stereocenters. The van der Waals surface area contributed by atoms with Gasteiger partial charge in [0.2, 0.25) is 0 Å². The summed E-state index contributed by atoms with van der Waals surface area (Å²) in [7, 11) is 0. The van der Waals surface area contributed by atoms with E-state index in [4.69, 9.17) is 10.8 Å². The van der Waals surface area contributed by atoms with Gasteiger partial charge < -0.3 is 15.7 Å². The summed E-state index contributed by atoms with van der Waals surface area (Å²) in [5.41, 5.74) is 8.68. The molecule has 1 aliphatic heterocycles. The lowest BCUT2D eigenvalue weighted by Crippen LogP contribution is -2.33. The molecule has 104 valence electrons. The van der Waals surface area contributed by atoms with E-state index in [1.807, 2.05) is 18.2 Å². The van der Waals surface area contributed by atoms with Gasteiger partial charge >= 0.3 is 6.09 Å². The van der Waals surface area contributed by atoms with Gasteiger partial charge in [-0.1, -0.05) is 6.08 Å². The van der Waals surface area contributed by atoms with Crippen molar-refractivity contribution in [2.75, 3.05) is 18.8 Å². The first-order valence-corrected chi connectivity index (χ1v) is 6.35. The summed E-state index contributed by atoms with van der Waals surface area (Å²) in [6.45, 7) is 2.69. The SMILES string of the molecule is Cc1nc(N)c2ccc(C3=CCN(C(=O)O)CC3)n2n1. The van der Waals surface area contributed by atoms with E-state index in [0.717, 1.165) is 16.8 Å². The number of carboxylic acid groups (broad SMARTS) is 1. The van der Waals surface area contributed by atoms with Crippen LogP contribution in [0.1, 0.15) is 17.9 Å². The van der Waals surface area contributed by atoms with E-state index in [1.165, 1.54) is 4.90 Å². The average Bonchev–Trinajstić information content (AvgIpc) is 2.82. The molecule has 1 aliphatic rings. The number of hydrogen-bond donors (Lipinski definition) is 2. The lowest BCUT2D eigenvalue weighted by molar-refractivity contribution is 0.150. The molecule has 3 rings (SSSR count). The van der Waals surface area contributed by atoms with Gasteiger partial charge in [-0.2, -0.15) is 5.10 Å². The van der Waals surface area contributed by atoms with Crippen LogP contribution in [-0.4, -0.2) is 43.8 Å². The van der Waals surface area contributed by atoms with Gasteiger partial charge in [0, 0.05) is 13.1 Å². The van der Waals surface area contributed by atoms with Crippen LogP contribution in [-0.2, 0) is 0 Å². The number of aromatic nitrogens is 3. The van der Waals surface area contributed by atoms with E-state index in [0.29, 0.717) is 31.2 Å². The van der Waals surface area contributed by atoms with Crippen molar-refractivity contribution >= 4 is 23.0 Å². The van der Waals surface area contributed by atoms with Crippen LogP contribution >= 0.6 is 0 Å². The molecule has 2 aromatic heterocycles. The highest BCUT2D eigenvalue weighted by Gasteiger charge is 2.19. The molecule has 0 aliphatic carbocycles.